The van der Waals surface area contributed by atoms with E-state index in [4.69, 9.17) is 4.74 Å². The zero-order chi connectivity index (χ0) is 23.5. The molecule has 0 saturated carbocycles. The van der Waals surface area contributed by atoms with Crippen LogP contribution in [0.4, 0.5) is 0 Å². The third kappa shape index (κ3) is 4.47. The summed E-state index contributed by atoms with van der Waals surface area (Å²) in [5.74, 6) is 1.10. The first-order valence-electron chi connectivity index (χ1n) is 12.4. The minimum atomic E-state index is -0.113. The number of nitrogens with zero attached hydrogens (tertiary/aromatic N) is 2. The van der Waals surface area contributed by atoms with E-state index in [1.54, 1.807) is 23.9 Å². The van der Waals surface area contributed by atoms with Gasteiger partial charge in [-0.05, 0) is 56.8 Å². The first kappa shape index (κ1) is 22.7. The van der Waals surface area contributed by atoms with Crippen LogP contribution in [-0.4, -0.2) is 48.2 Å². The fourth-order valence-corrected chi connectivity index (χ4v) is 5.79. The van der Waals surface area contributed by atoms with Crippen molar-refractivity contribution in [3.63, 3.8) is 0 Å². The van der Waals surface area contributed by atoms with Gasteiger partial charge in [0, 0.05) is 35.1 Å². The molecule has 3 aromatic rings. The van der Waals surface area contributed by atoms with Crippen molar-refractivity contribution >= 4 is 16.7 Å². The molecule has 178 valence electrons. The number of fused-ring (bicyclic) bond motifs is 2. The zero-order valence-electron chi connectivity index (χ0n) is 19.8. The molecule has 0 spiro atoms. The van der Waals surface area contributed by atoms with Crippen LogP contribution in [-0.2, 0) is 6.54 Å². The second kappa shape index (κ2) is 10.0. The minimum Gasteiger partial charge on any atom is -0.496 e. The lowest BCUT2D eigenvalue weighted by Gasteiger charge is -2.44. The van der Waals surface area contributed by atoms with Crippen LogP contribution in [0.15, 0.2) is 59.5 Å². The Labute approximate surface area is 200 Å². The molecule has 6 nitrogen and oxygen atoms in total. The van der Waals surface area contributed by atoms with Crippen molar-refractivity contribution in [3.05, 3.63) is 76.2 Å². The minimum absolute atomic E-state index is 0.108. The fraction of sp³-hybridized carbons (Fsp3) is 0.429. The Morgan fingerprint density at radius 3 is 2.62 bits per heavy atom. The third-order valence-electron chi connectivity index (χ3n) is 7.52. The molecule has 2 aliphatic rings. The van der Waals surface area contributed by atoms with Gasteiger partial charge in [0.25, 0.3) is 11.5 Å². The summed E-state index contributed by atoms with van der Waals surface area (Å²) in [5, 5.41) is 4.48. The van der Waals surface area contributed by atoms with Gasteiger partial charge in [0.05, 0.1) is 19.2 Å². The van der Waals surface area contributed by atoms with E-state index in [-0.39, 0.29) is 11.5 Å². The number of methoxy groups -OCH3 is 1. The topological polar surface area (TPSA) is 63.6 Å². The monoisotopic (exact) mass is 459 g/mol. The molecule has 0 radical (unpaired) electrons. The Balaban J connectivity index is 1.42. The standard InChI is InChI=1S/C28H33N3O3/c1-34-26-14-5-2-9-21(26)18-31-19-24(22-11-3-4-12-23(22)28(31)33)27(32)29-17-20-10-8-16-30-15-7-6-13-25(20)30/h2-5,9,11-12,14,19-20,25H,6-8,10,13,15-18H2,1H3,(H,29,32). The van der Waals surface area contributed by atoms with E-state index in [0.717, 1.165) is 17.7 Å². The summed E-state index contributed by atoms with van der Waals surface area (Å²) in [5.41, 5.74) is 1.33. The van der Waals surface area contributed by atoms with Gasteiger partial charge in [-0.25, -0.2) is 0 Å². The predicted molar refractivity (Wildman–Crippen MR) is 135 cm³/mol. The number of amides is 1. The van der Waals surface area contributed by atoms with Gasteiger partial charge in [0.15, 0.2) is 0 Å². The highest BCUT2D eigenvalue weighted by Gasteiger charge is 2.33. The van der Waals surface area contributed by atoms with Gasteiger partial charge in [-0.2, -0.15) is 0 Å². The molecule has 1 aromatic heterocycles. The van der Waals surface area contributed by atoms with Crippen molar-refractivity contribution in [1.29, 1.82) is 0 Å². The number of carbonyl (C=O) groups excluding carboxylic acids is 1. The number of carbonyl (C=O) groups is 1. The Hall–Kier alpha value is -3.12. The number of hydrogen-bond acceptors (Lipinski definition) is 4. The molecule has 2 saturated heterocycles. The quantitative estimate of drug-likeness (QED) is 0.604. The maximum absolute atomic E-state index is 13.4. The van der Waals surface area contributed by atoms with Crippen LogP contribution >= 0.6 is 0 Å². The highest BCUT2D eigenvalue weighted by atomic mass is 16.5. The molecule has 1 N–H and O–H groups in total. The summed E-state index contributed by atoms with van der Waals surface area (Å²) >= 11 is 0. The van der Waals surface area contributed by atoms with Crippen LogP contribution < -0.4 is 15.6 Å². The van der Waals surface area contributed by atoms with Gasteiger partial charge in [-0.1, -0.05) is 42.8 Å². The number of benzene rings is 2. The molecule has 2 aromatic carbocycles. The van der Waals surface area contributed by atoms with E-state index in [2.05, 4.69) is 10.2 Å². The number of nitrogens with one attached hydrogen (secondary N) is 1. The first-order chi connectivity index (χ1) is 16.7. The maximum atomic E-state index is 13.4. The van der Waals surface area contributed by atoms with Crippen molar-refractivity contribution < 1.29 is 9.53 Å². The average Bonchev–Trinajstić information content (AvgIpc) is 2.89. The van der Waals surface area contributed by atoms with E-state index < -0.39 is 0 Å². The van der Waals surface area contributed by atoms with Crippen LogP contribution in [0.3, 0.4) is 0 Å². The zero-order valence-corrected chi connectivity index (χ0v) is 19.8. The SMILES string of the molecule is COc1ccccc1Cn1cc(C(=O)NCC2CCCN3CCCCC23)c2ccccc2c1=O. The molecule has 2 fully saturated rings. The van der Waals surface area contributed by atoms with Crippen LogP contribution in [0.1, 0.15) is 48.0 Å². The molecular formula is C28H33N3O3. The number of pyridine rings is 1. The lowest BCUT2D eigenvalue weighted by Crippen LogP contribution is -2.51. The Kier molecular flexibility index (Phi) is 6.68. The molecular weight excluding hydrogens is 426 g/mol. The molecule has 3 heterocycles. The number of ether oxygens (including phenoxy) is 1. The van der Waals surface area contributed by atoms with Crippen LogP contribution in [0.25, 0.3) is 10.8 Å². The number of piperidine rings is 2. The molecule has 1 amide bonds. The van der Waals surface area contributed by atoms with Gasteiger partial charge in [-0.15, -0.1) is 0 Å². The van der Waals surface area contributed by atoms with Crippen LogP contribution in [0.5, 0.6) is 5.75 Å². The van der Waals surface area contributed by atoms with Crippen molar-refractivity contribution in [2.75, 3.05) is 26.7 Å². The molecule has 2 aliphatic heterocycles. The van der Waals surface area contributed by atoms with Crippen LogP contribution in [0.2, 0.25) is 0 Å². The second-order valence-corrected chi connectivity index (χ2v) is 9.54. The summed E-state index contributed by atoms with van der Waals surface area (Å²) in [6.07, 6.45) is 7.87. The first-order valence-corrected chi connectivity index (χ1v) is 12.4. The maximum Gasteiger partial charge on any atom is 0.258 e. The molecule has 0 bridgehead atoms. The summed E-state index contributed by atoms with van der Waals surface area (Å²) in [4.78, 5) is 29.3. The highest BCUT2D eigenvalue weighted by molar-refractivity contribution is 6.06. The van der Waals surface area contributed by atoms with Gasteiger partial charge >= 0.3 is 0 Å². The molecule has 2 unspecified atom stereocenters. The highest BCUT2D eigenvalue weighted by Crippen LogP contribution is 2.30. The van der Waals surface area contributed by atoms with Crippen molar-refractivity contribution in [2.45, 2.75) is 44.7 Å². The molecule has 0 aliphatic carbocycles. The number of aromatic nitrogens is 1. The fourth-order valence-electron chi connectivity index (χ4n) is 5.79. The van der Waals surface area contributed by atoms with Crippen LogP contribution in [0, 0.1) is 5.92 Å². The number of para-hydroxylation sites is 1. The van der Waals surface area contributed by atoms with Gasteiger partial charge < -0.3 is 19.5 Å². The smallest absolute Gasteiger partial charge is 0.258 e. The molecule has 6 heteroatoms. The van der Waals surface area contributed by atoms with Gasteiger partial charge in [0.2, 0.25) is 0 Å². The van der Waals surface area contributed by atoms with Crippen molar-refractivity contribution in [1.82, 2.24) is 14.8 Å². The molecule has 5 rings (SSSR count). The van der Waals surface area contributed by atoms with E-state index >= 15 is 0 Å². The predicted octanol–water partition coefficient (Wildman–Crippen LogP) is 4.05. The lowest BCUT2D eigenvalue weighted by atomic mass is 9.83. The van der Waals surface area contributed by atoms with E-state index in [1.165, 1.54) is 38.8 Å². The largest absolute Gasteiger partial charge is 0.496 e. The summed E-state index contributed by atoms with van der Waals surface area (Å²) in [6.45, 7) is 3.40. The normalized spacial score (nSPS) is 20.6. The summed E-state index contributed by atoms with van der Waals surface area (Å²) in [6, 6.07) is 15.6. The second-order valence-electron chi connectivity index (χ2n) is 9.54. The Bertz CT molecular complexity index is 1230. The number of hydrogen-bond donors (Lipinski definition) is 1. The average molecular weight is 460 g/mol. The van der Waals surface area contributed by atoms with Gasteiger partial charge in [0.1, 0.15) is 5.75 Å². The Morgan fingerprint density at radius 1 is 1.00 bits per heavy atom. The van der Waals surface area contributed by atoms with E-state index in [0.29, 0.717) is 41.4 Å². The van der Waals surface area contributed by atoms with E-state index in [9.17, 15) is 9.59 Å². The van der Waals surface area contributed by atoms with Gasteiger partial charge in [-0.3, -0.25) is 9.59 Å². The van der Waals surface area contributed by atoms with Crippen molar-refractivity contribution in [3.8, 4) is 5.75 Å². The molecule has 2 atom stereocenters. The third-order valence-corrected chi connectivity index (χ3v) is 7.52. The lowest BCUT2D eigenvalue weighted by molar-refractivity contribution is 0.0576. The molecule has 34 heavy (non-hydrogen) atoms. The summed E-state index contributed by atoms with van der Waals surface area (Å²) in [7, 11) is 1.62. The van der Waals surface area contributed by atoms with Crippen molar-refractivity contribution in [2.24, 2.45) is 5.92 Å². The summed E-state index contributed by atoms with van der Waals surface area (Å²) < 4.78 is 7.10. The Morgan fingerprint density at radius 2 is 1.76 bits per heavy atom. The van der Waals surface area contributed by atoms with E-state index in [1.807, 2.05) is 42.5 Å². The number of rotatable bonds is 6.